The van der Waals surface area contributed by atoms with Gasteiger partial charge in [0.25, 0.3) is 5.91 Å². The number of carbonyl (C=O) groups is 2. The molecule has 1 N–H and O–H groups in total. The second-order valence-electron chi connectivity index (χ2n) is 8.10. The third kappa shape index (κ3) is 4.22. The van der Waals surface area contributed by atoms with Crippen LogP contribution in [0.25, 0.3) is 0 Å². The molecule has 6 heteroatoms. The van der Waals surface area contributed by atoms with Gasteiger partial charge in [-0.25, -0.2) is 0 Å². The van der Waals surface area contributed by atoms with E-state index in [1.54, 1.807) is 23.1 Å². The first-order valence-corrected chi connectivity index (χ1v) is 10.1. The first-order chi connectivity index (χ1) is 13.2. The van der Waals surface area contributed by atoms with Gasteiger partial charge in [-0.1, -0.05) is 26.0 Å². The minimum Gasteiger partial charge on any atom is -0.490 e. The van der Waals surface area contributed by atoms with Crippen LogP contribution in [0.2, 0.25) is 0 Å². The van der Waals surface area contributed by atoms with Gasteiger partial charge in [0.2, 0.25) is 5.91 Å². The summed E-state index contributed by atoms with van der Waals surface area (Å²) in [5.41, 5.74) is 1.29. The Morgan fingerprint density at radius 1 is 1.25 bits per heavy atom. The number of benzene rings is 2. The van der Waals surface area contributed by atoms with E-state index in [0.717, 1.165) is 10.2 Å². The highest BCUT2D eigenvalue weighted by molar-refractivity contribution is 9.10. The Morgan fingerprint density at radius 3 is 2.64 bits per heavy atom. The van der Waals surface area contributed by atoms with Gasteiger partial charge in [-0.05, 0) is 60.0 Å². The maximum atomic E-state index is 13.0. The number of anilines is 2. The second-order valence-corrected chi connectivity index (χ2v) is 8.95. The fourth-order valence-electron chi connectivity index (χ4n) is 3.12. The molecule has 0 unspecified atom stereocenters. The van der Waals surface area contributed by atoms with Crippen molar-refractivity contribution in [3.8, 4) is 5.75 Å². The van der Waals surface area contributed by atoms with Crippen molar-refractivity contribution in [1.82, 2.24) is 0 Å². The standard InChI is InChI=1S/C22H25BrN2O3/c1-14(2)12-25-18-10-9-15(11-19(18)28-13-22(3,4)21(25)27)24-20(26)16-7-5-6-8-17(16)23/h5-11,14H,12-13H2,1-4H3,(H,24,26). The van der Waals surface area contributed by atoms with Crippen LogP contribution >= 0.6 is 15.9 Å². The Bertz CT molecular complexity index is 908. The monoisotopic (exact) mass is 444 g/mol. The number of carbonyl (C=O) groups excluding carboxylic acids is 2. The molecule has 0 saturated heterocycles. The number of nitrogens with zero attached hydrogens (tertiary/aromatic N) is 1. The molecule has 0 aliphatic carbocycles. The zero-order chi connectivity index (χ0) is 20.5. The number of rotatable bonds is 4. The number of halogens is 1. The molecule has 0 bridgehead atoms. The predicted octanol–water partition coefficient (Wildman–Crippen LogP) is 5.11. The summed E-state index contributed by atoms with van der Waals surface area (Å²) in [4.78, 5) is 27.4. The Balaban J connectivity index is 1.92. The summed E-state index contributed by atoms with van der Waals surface area (Å²) in [6.07, 6.45) is 0. The number of hydrogen-bond donors (Lipinski definition) is 1. The van der Waals surface area contributed by atoms with E-state index < -0.39 is 5.41 Å². The molecule has 0 spiro atoms. The molecule has 2 amide bonds. The predicted molar refractivity (Wildman–Crippen MR) is 115 cm³/mol. The summed E-state index contributed by atoms with van der Waals surface area (Å²) in [5.74, 6) is 0.756. The number of hydrogen-bond acceptors (Lipinski definition) is 3. The van der Waals surface area contributed by atoms with Crippen LogP contribution in [0.3, 0.4) is 0 Å². The van der Waals surface area contributed by atoms with Crippen LogP contribution in [0.1, 0.15) is 38.1 Å². The molecule has 0 saturated carbocycles. The largest absolute Gasteiger partial charge is 0.490 e. The quantitative estimate of drug-likeness (QED) is 0.712. The van der Waals surface area contributed by atoms with Gasteiger partial charge in [0, 0.05) is 22.8 Å². The highest BCUT2D eigenvalue weighted by Crippen LogP contribution is 2.38. The van der Waals surface area contributed by atoms with Crippen molar-refractivity contribution in [2.45, 2.75) is 27.7 Å². The van der Waals surface area contributed by atoms with Crippen molar-refractivity contribution in [2.75, 3.05) is 23.4 Å². The third-order valence-electron chi connectivity index (χ3n) is 4.59. The van der Waals surface area contributed by atoms with Gasteiger partial charge in [-0.2, -0.15) is 0 Å². The van der Waals surface area contributed by atoms with Crippen LogP contribution in [-0.2, 0) is 4.79 Å². The van der Waals surface area contributed by atoms with E-state index in [4.69, 9.17) is 4.74 Å². The van der Waals surface area contributed by atoms with Crippen LogP contribution in [0.4, 0.5) is 11.4 Å². The normalized spacial score (nSPS) is 15.6. The highest BCUT2D eigenvalue weighted by atomic mass is 79.9. The van der Waals surface area contributed by atoms with Crippen LogP contribution in [0, 0.1) is 11.3 Å². The fourth-order valence-corrected chi connectivity index (χ4v) is 3.58. The molecule has 1 aliphatic rings. The summed E-state index contributed by atoms with van der Waals surface area (Å²) in [6.45, 7) is 8.85. The van der Waals surface area contributed by atoms with Gasteiger partial charge in [-0.3, -0.25) is 9.59 Å². The van der Waals surface area contributed by atoms with E-state index in [0.29, 0.717) is 29.5 Å². The maximum absolute atomic E-state index is 13.0. The number of amides is 2. The molecule has 0 radical (unpaired) electrons. The molecule has 1 aliphatic heterocycles. The minimum absolute atomic E-state index is 0.0463. The zero-order valence-electron chi connectivity index (χ0n) is 16.6. The highest BCUT2D eigenvalue weighted by Gasteiger charge is 2.38. The smallest absolute Gasteiger partial charge is 0.256 e. The van der Waals surface area contributed by atoms with Gasteiger partial charge in [0.1, 0.15) is 12.4 Å². The molecule has 2 aromatic rings. The van der Waals surface area contributed by atoms with Crippen molar-refractivity contribution in [2.24, 2.45) is 11.3 Å². The average molecular weight is 445 g/mol. The van der Waals surface area contributed by atoms with Crippen molar-refractivity contribution in [3.05, 3.63) is 52.5 Å². The molecule has 0 atom stereocenters. The number of ether oxygens (including phenoxy) is 1. The number of nitrogens with one attached hydrogen (secondary N) is 1. The van der Waals surface area contributed by atoms with Crippen LogP contribution in [0.15, 0.2) is 46.9 Å². The molecule has 2 aromatic carbocycles. The van der Waals surface area contributed by atoms with Gasteiger partial charge in [0.05, 0.1) is 16.7 Å². The molecular weight excluding hydrogens is 420 g/mol. The topological polar surface area (TPSA) is 58.6 Å². The van der Waals surface area contributed by atoms with Crippen LogP contribution in [0.5, 0.6) is 5.75 Å². The summed E-state index contributed by atoms with van der Waals surface area (Å²) in [7, 11) is 0. The summed E-state index contributed by atoms with van der Waals surface area (Å²) < 4.78 is 6.71. The molecule has 5 nitrogen and oxygen atoms in total. The Labute approximate surface area is 174 Å². The lowest BCUT2D eigenvalue weighted by atomic mass is 9.92. The Hall–Kier alpha value is -2.34. The molecule has 0 aromatic heterocycles. The van der Waals surface area contributed by atoms with Gasteiger partial charge in [-0.15, -0.1) is 0 Å². The third-order valence-corrected chi connectivity index (χ3v) is 5.28. The molecule has 0 fully saturated rings. The van der Waals surface area contributed by atoms with Gasteiger partial charge < -0.3 is 15.0 Å². The number of fused-ring (bicyclic) bond motifs is 1. The average Bonchev–Trinajstić information content (AvgIpc) is 2.72. The van der Waals surface area contributed by atoms with Gasteiger partial charge in [0.15, 0.2) is 0 Å². The van der Waals surface area contributed by atoms with E-state index in [2.05, 4.69) is 35.1 Å². The van der Waals surface area contributed by atoms with Gasteiger partial charge >= 0.3 is 0 Å². The molecule has 1 heterocycles. The zero-order valence-corrected chi connectivity index (χ0v) is 18.2. The molecule has 3 rings (SSSR count). The van der Waals surface area contributed by atoms with Crippen LogP contribution in [-0.4, -0.2) is 25.0 Å². The minimum atomic E-state index is -0.619. The second kappa shape index (κ2) is 7.95. The fraction of sp³-hybridized carbons (Fsp3) is 0.364. The lowest BCUT2D eigenvalue weighted by Crippen LogP contribution is -2.43. The Kier molecular flexibility index (Phi) is 5.79. The van der Waals surface area contributed by atoms with E-state index in [-0.39, 0.29) is 18.4 Å². The van der Waals surface area contributed by atoms with E-state index in [1.165, 1.54) is 0 Å². The van der Waals surface area contributed by atoms with E-state index >= 15 is 0 Å². The van der Waals surface area contributed by atoms with E-state index in [9.17, 15) is 9.59 Å². The summed E-state index contributed by atoms with van der Waals surface area (Å²) in [5, 5.41) is 2.90. The van der Waals surface area contributed by atoms with Crippen molar-refractivity contribution in [1.29, 1.82) is 0 Å². The summed E-state index contributed by atoms with van der Waals surface area (Å²) in [6, 6.07) is 12.7. The SMILES string of the molecule is CC(C)CN1C(=O)C(C)(C)COc2cc(NC(=O)c3ccccc3Br)ccc21. The maximum Gasteiger partial charge on any atom is 0.256 e. The first kappa shape index (κ1) is 20.4. The first-order valence-electron chi connectivity index (χ1n) is 9.34. The lowest BCUT2D eigenvalue weighted by molar-refractivity contribution is -0.127. The molecule has 28 heavy (non-hydrogen) atoms. The molecular formula is C22H25BrN2O3. The van der Waals surface area contributed by atoms with Crippen molar-refractivity contribution in [3.63, 3.8) is 0 Å². The summed E-state index contributed by atoms with van der Waals surface area (Å²) >= 11 is 3.40. The molecule has 148 valence electrons. The lowest BCUT2D eigenvalue weighted by Gasteiger charge is -2.29. The van der Waals surface area contributed by atoms with Crippen LogP contribution < -0.4 is 15.0 Å². The van der Waals surface area contributed by atoms with Crippen molar-refractivity contribution >= 4 is 39.1 Å². The van der Waals surface area contributed by atoms with E-state index in [1.807, 2.05) is 38.1 Å². The van der Waals surface area contributed by atoms with Crippen molar-refractivity contribution < 1.29 is 14.3 Å². The Morgan fingerprint density at radius 2 is 1.96 bits per heavy atom.